The van der Waals surface area contributed by atoms with Crippen molar-refractivity contribution in [1.29, 1.82) is 0 Å². The zero-order chi connectivity index (χ0) is 32.6. The minimum atomic E-state index is -1.16. The number of unbranched alkanes of at least 4 members (excludes halogenated alkanes) is 15. The number of rotatable bonds is 25. The third kappa shape index (κ3) is 45.6. The summed E-state index contributed by atoms with van der Waals surface area (Å²) in [5.74, 6) is 12.8. The summed E-state index contributed by atoms with van der Waals surface area (Å²) in [7, 11) is 0. The maximum absolute atomic E-state index is 10.3. The standard InChI is InChI=1S/C20H32O2.C20H28O2/c2*1-2-3-4-5-6-7-8-9-10-11-12-13-14-15-16-17-18-19-20(21)22/h6-7,9-10,12-13,15-16H,2-5,8,11,14,17-19H2,1H3,(H,21,22);2-13H2,1H3,(H,21,22). The van der Waals surface area contributed by atoms with Gasteiger partial charge < -0.3 is 10.2 Å². The molecule has 0 fully saturated rings. The van der Waals surface area contributed by atoms with Crippen molar-refractivity contribution >= 4 is 11.9 Å². The Labute approximate surface area is 270 Å². The van der Waals surface area contributed by atoms with Crippen molar-refractivity contribution in [3.8, 4) is 35.5 Å². The highest BCUT2D eigenvalue weighted by molar-refractivity contribution is 5.87. The zero-order valence-corrected chi connectivity index (χ0v) is 27.9. The van der Waals surface area contributed by atoms with E-state index in [2.05, 4.69) is 92.1 Å². The van der Waals surface area contributed by atoms with E-state index in [1.54, 1.807) is 0 Å². The van der Waals surface area contributed by atoms with Crippen LogP contribution in [0.25, 0.3) is 0 Å². The van der Waals surface area contributed by atoms with Crippen molar-refractivity contribution in [2.24, 2.45) is 0 Å². The molecular formula is C40H60O4. The van der Waals surface area contributed by atoms with Crippen LogP contribution in [0.1, 0.15) is 155 Å². The third-order valence-corrected chi connectivity index (χ3v) is 6.57. The maximum atomic E-state index is 10.3. The number of carboxylic acids is 2. The Morgan fingerprint density at radius 1 is 0.500 bits per heavy atom. The third-order valence-electron chi connectivity index (χ3n) is 6.57. The lowest BCUT2D eigenvalue weighted by atomic mass is 10.1. The molecule has 0 aromatic rings. The smallest absolute Gasteiger partial charge is 0.382 e. The lowest BCUT2D eigenvalue weighted by Crippen LogP contribution is -1.92. The van der Waals surface area contributed by atoms with Gasteiger partial charge >= 0.3 is 11.9 Å². The van der Waals surface area contributed by atoms with E-state index in [9.17, 15) is 9.59 Å². The fraction of sp³-hybridized carbons (Fsp3) is 0.600. The molecule has 0 aromatic carbocycles. The molecule has 0 rings (SSSR count). The van der Waals surface area contributed by atoms with E-state index in [-0.39, 0.29) is 6.42 Å². The highest BCUT2D eigenvalue weighted by atomic mass is 16.4. The van der Waals surface area contributed by atoms with Crippen LogP contribution in [0.3, 0.4) is 0 Å². The minimum Gasteiger partial charge on any atom is -0.481 e. The van der Waals surface area contributed by atoms with Gasteiger partial charge in [-0.1, -0.05) is 145 Å². The Balaban J connectivity index is 0. The van der Waals surface area contributed by atoms with Gasteiger partial charge in [0.2, 0.25) is 0 Å². The fourth-order valence-corrected chi connectivity index (χ4v) is 4.06. The van der Waals surface area contributed by atoms with E-state index in [4.69, 9.17) is 10.2 Å². The molecule has 44 heavy (non-hydrogen) atoms. The number of carbonyl (C=O) groups is 2. The molecule has 0 saturated carbocycles. The van der Waals surface area contributed by atoms with Crippen LogP contribution in [0.5, 0.6) is 0 Å². The van der Waals surface area contributed by atoms with Crippen molar-refractivity contribution < 1.29 is 19.8 Å². The molecule has 0 spiro atoms. The molecule has 0 aliphatic rings. The van der Waals surface area contributed by atoms with Crippen LogP contribution < -0.4 is 0 Å². The SMILES string of the molecule is CCCCCC=CCC=CCC=CCC=CCCCC(=O)O.CCCCCCCCCCCCCC#CC#CC#CC(=O)O. The van der Waals surface area contributed by atoms with Gasteiger partial charge in [-0.05, 0) is 75.0 Å². The molecule has 0 saturated heterocycles. The molecule has 0 amide bonds. The van der Waals surface area contributed by atoms with Crippen molar-refractivity contribution in [2.75, 3.05) is 0 Å². The highest BCUT2D eigenvalue weighted by Crippen LogP contribution is 2.11. The van der Waals surface area contributed by atoms with Gasteiger partial charge in [-0.3, -0.25) is 4.79 Å². The molecule has 0 bridgehead atoms. The van der Waals surface area contributed by atoms with Gasteiger partial charge in [0.15, 0.2) is 0 Å². The van der Waals surface area contributed by atoms with E-state index >= 15 is 0 Å². The second-order valence-corrected chi connectivity index (χ2v) is 10.8. The highest BCUT2D eigenvalue weighted by Gasteiger charge is 1.93. The summed E-state index contributed by atoms with van der Waals surface area (Å²) < 4.78 is 0. The van der Waals surface area contributed by atoms with Gasteiger partial charge in [0.05, 0.1) is 0 Å². The van der Waals surface area contributed by atoms with Gasteiger partial charge in [-0.25, -0.2) is 4.79 Å². The maximum Gasteiger partial charge on any atom is 0.382 e. The first-order chi connectivity index (χ1) is 21.5. The van der Waals surface area contributed by atoms with Crippen molar-refractivity contribution in [1.82, 2.24) is 0 Å². The summed E-state index contributed by atoms with van der Waals surface area (Å²) in [6.45, 7) is 4.49. The average molecular weight is 605 g/mol. The molecule has 0 aliphatic carbocycles. The number of hydrogen-bond acceptors (Lipinski definition) is 2. The van der Waals surface area contributed by atoms with Gasteiger partial charge in [-0.15, -0.1) is 0 Å². The summed E-state index contributed by atoms with van der Waals surface area (Å²) in [4.78, 5) is 20.4. The molecule has 0 aromatic heterocycles. The van der Waals surface area contributed by atoms with Crippen LogP contribution in [0.4, 0.5) is 0 Å². The predicted molar refractivity (Wildman–Crippen MR) is 188 cm³/mol. The van der Waals surface area contributed by atoms with Crippen LogP contribution in [0.2, 0.25) is 0 Å². The summed E-state index contributed by atoms with van der Waals surface area (Å²) in [6.07, 6.45) is 42.9. The molecule has 4 heteroatoms. The van der Waals surface area contributed by atoms with Crippen LogP contribution >= 0.6 is 0 Å². The molecular weight excluding hydrogens is 544 g/mol. The minimum absolute atomic E-state index is 0.262. The number of hydrogen-bond donors (Lipinski definition) is 2. The Hall–Kier alpha value is -3.42. The van der Waals surface area contributed by atoms with E-state index in [1.165, 1.54) is 89.9 Å². The van der Waals surface area contributed by atoms with Crippen molar-refractivity contribution in [2.45, 2.75) is 155 Å². The first-order valence-corrected chi connectivity index (χ1v) is 17.1. The monoisotopic (exact) mass is 604 g/mol. The van der Waals surface area contributed by atoms with Crippen molar-refractivity contribution in [3.05, 3.63) is 48.6 Å². The largest absolute Gasteiger partial charge is 0.481 e. The summed E-state index contributed by atoms with van der Waals surface area (Å²) >= 11 is 0. The topological polar surface area (TPSA) is 74.6 Å². The van der Waals surface area contributed by atoms with Crippen LogP contribution in [-0.2, 0) is 9.59 Å². The van der Waals surface area contributed by atoms with Crippen LogP contribution in [0.15, 0.2) is 48.6 Å². The summed E-state index contributed by atoms with van der Waals surface area (Å²) in [6, 6.07) is 0. The molecule has 0 aliphatic heterocycles. The van der Waals surface area contributed by atoms with Crippen LogP contribution in [-0.4, -0.2) is 22.2 Å². The normalized spacial score (nSPS) is 10.6. The summed E-state index contributed by atoms with van der Waals surface area (Å²) in [5.41, 5.74) is 0. The molecule has 0 radical (unpaired) electrons. The van der Waals surface area contributed by atoms with E-state index in [1.807, 2.05) is 5.92 Å². The first kappa shape index (κ1) is 42.7. The van der Waals surface area contributed by atoms with Gasteiger partial charge in [0.1, 0.15) is 0 Å². The second kappa shape index (κ2) is 39.6. The second-order valence-electron chi connectivity index (χ2n) is 10.8. The zero-order valence-electron chi connectivity index (χ0n) is 27.9. The van der Waals surface area contributed by atoms with Gasteiger partial charge in [0, 0.05) is 18.8 Å². The molecule has 0 unspecified atom stereocenters. The Bertz CT molecular complexity index is 980. The predicted octanol–water partition coefficient (Wildman–Crippen LogP) is 11.0. The Morgan fingerprint density at radius 2 is 0.932 bits per heavy atom. The average Bonchev–Trinajstić information content (AvgIpc) is 3.00. The number of aliphatic carboxylic acids is 2. The Morgan fingerprint density at radius 3 is 1.43 bits per heavy atom. The van der Waals surface area contributed by atoms with E-state index in [0.717, 1.165) is 44.9 Å². The molecule has 4 nitrogen and oxygen atoms in total. The number of carboxylic acid groups (broad SMARTS) is 2. The Kier molecular flexibility index (Phi) is 38.4. The first-order valence-electron chi connectivity index (χ1n) is 17.1. The molecule has 2 N–H and O–H groups in total. The lowest BCUT2D eigenvalue weighted by Gasteiger charge is -2.01. The van der Waals surface area contributed by atoms with E-state index < -0.39 is 11.9 Å². The quantitative estimate of drug-likeness (QED) is 0.0617. The summed E-state index contributed by atoms with van der Waals surface area (Å²) in [5, 5.41) is 16.8. The van der Waals surface area contributed by atoms with Crippen molar-refractivity contribution in [3.63, 3.8) is 0 Å². The molecule has 0 heterocycles. The molecule has 0 atom stereocenters. The molecule has 244 valence electrons. The van der Waals surface area contributed by atoms with Gasteiger partial charge in [-0.2, -0.15) is 0 Å². The number of allylic oxidation sites excluding steroid dienone is 8. The van der Waals surface area contributed by atoms with Crippen LogP contribution in [0, 0.1) is 35.5 Å². The van der Waals surface area contributed by atoms with E-state index in [0.29, 0.717) is 0 Å². The lowest BCUT2D eigenvalue weighted by molar-refractivity contribution is -0.137. The fourth-order valence-electron chi connectivity index (χ4n) is 4.06. The van der Waals surface area contributed by atoms with Gasteiger partial charge in [0.25, 0.3) is 0 Å².